The molecule has 0 bridgehead atoms. The van der Waals surface area contributed by atoms with Gasteiger partial charge in [-0.3, -0.25) is 9.59 Å². The van der Waals surface area contributed by atoms with Crippen molar-refractivity contribution in [2.24, 2.45) is 0 Å². The van der Waals surface area contributed by atoms with E-state index in [1.54, 1.807) is 23.1 Å². The average Bonchev–Trinajstić information content (AvgIpc) is 2.84. The molecule has 2 amide bonds. The zero-order valence-electron chi connectivity index (χ0n) is 19.6. The molecule has 178 valence electrons. The normalized spacial score (nSPS) is 11.6. The van der Waals surface area contributed by atoms with E-state index in [0.717, 1.165) is 28.7 Å². The SMILES string of the molecule is CCCNC(=O)[C@H](Cc1ccccc1)N(Cc1ccc(C)cc1)C(=O)Cc1ccc(Cl)c(Cl)c1. The molecule has 3 aromatic carbocycles. The van der Waals surface area contributed by atoms with Crippen molar-refractivity contribution < 1.29 is 9.59 Å². The summed E-state index contributed by atoms with van der Waals surface area (Å²) >= 11 is 12.2. The highest BCUT2D eigenvalue weighted by atomic mass is 35.5. The maximum Gasteiger partial charge on any atom is 0.243 e. The molecule has 0 saturated heterocycles. The van der Waals surface area contributed by atoms with E-state index in [2.05, 4.69) is 5.32 Å². The number of carbonyl (C=O) groups excluding carboxylic acids is 2. The van der Waals surface area contributed by atoms with Crippen LogP contribution in [0.1, 0.15) is 35.6 Å². The first-order valence-electron chi connectivity index (χ1n) is 11.5. The molecule has 0 aliphatic carbocycles. The fraction of sp³-hybridized carbons (Fsp3) is 0.286. The van der Waals surface area contributed by atoms with Crippen molar-refractivity contribution >= 4 is 35.0 Å². The van der Waals surface area contributed by atoms with Crippen LogP contribution in [-0.4, -0.2) is 29.3 Å². The summed E-state index contributed by atoms with van der Waals surface area (Å²) in [5.74, 6) is -0.299. The first-order valence-corrected chi connectivity index (χ1v) is 12.2. The molecule has 0 aliphatic heterocycles. The highest BCUT2D eigenvalue weighted by Crippen LogP contribution is 2.24. The minimum absolute atomic E-state index is 0.120. The van der Waals surface area contributed by atoms with Gasteiger partial charge in [0.15, 0.2) is 0 Å². The number of rotatable bonds is 10. The second-order valence-electron chi connectivity index (χ2n) is 8.43. The third-order valence-electron chi connectivity index (χ3n) is 5.63. The molecule has 4 nitrogen and oxygen atoms in total. The van der Waals surface area contributed by atoms with Crippen LogP contribution >= 0.6 is 23.2 Å². The van der Waals surface area contributed by atoms with Crippen molar-refractivity contribution in [3.63, 3.8) is 0 Å². The largest absolute Gasteiger partial charge is 0.354 e. The summed E-state index contributed by atoms with van der Waals surface area (Å²) in [6.07, 6.45) is 1.36. The van der Waals surface area contributed by atoms with Crippen LogP contribution in [0.2, 0.25) is 10.0 Å². The zero-order valence-corrected chi connectivity index (χ0v) is 21.1. The van der Waals surface area contributed by atoms with Gasteiger partial charge in [0, 0.05) is 19.5 Å². The smallest absolute Gasteiger partial charge is 0.243 e. The topological polar surface area (TPSA) is 49.4 Å². The summed E-state index contributed by atoms with van der Waals surface area (Å²) in [4.78, 5) is 28.6. The second kappa shape index (κ2) is 12.6. The van der Waals surface area contributed by atoms with Gasteiger partial charge in [0.1, 0.15) is 6.04 Å². The van der Waals surface area contributed by atoms with E-state index in [9.17, 15) is 9.59 Å². The molecule has 0 heterocycles. The number of amides is 2. The zero-order chi connectivity index (χ0) is 24.5. The Morgan fingerprint density at radius 3 is 2.21 bits per heavy atom. The molecule has 3 rings (SSSR count). The van der Waals surface area contributed by atoms with Crippen LogP contribution < -0.4 is 5.32 Å². The Kier molecular flexibility index (Phi) is 9.55. The minimum atomic E-state index is -0.648. The van der Waals surface area contributed by atoms with Crippen molar-refractivity contribution in [3.8, 4) is 0 Å². The third kappa shape index (κ3) is 7.34. The molecule has 0 unspecified atom stereocenters. The van der Waals surface area contributed by atoms with Crippen molar-refractivity contribution in [2.45, 2.75) is 45.7 Å². The monoisotopic (exact) mass is 496 g/mol. The molecule has 0 aliphatic rings. The van der Waals surface area contributed by atoms with Gasteiger partial charge < -0.3 is 10.2 Å². The number of aryl methyl sites for hydroxylation is 1. The highest BCUT2D eigenvalue weighted by molar-refractivity contribution is 6.42. The fourth-order valence-corrected chi connectivity index (χ4v) is 4.06. The fourth-order valence-electron chi connectivity index (χ4n) is 3.74. The molecule has 0 fully saturated rings. The van der Waals surface area contributed by atoms with Crippen LogP contribution in [0.15, 0.2) is 72.8 Å². The van der Waals surface area contributed by atoms with Crippen LogP contribution in [0, 0.1) is 6.92 Å². The van der Waals surface area contributed by atoms with Gasteiger partial charge in [0.05, 0.1) is 16.5 Å². The summed E-state index contributed by atoms with van der Waals surface area (Å²) in [6.45, 7) is 4.92. The number of nitrogens with one attached hydrogen (secondary N) is 1. The van der Waals surface area contributed by atoms with Gasteiger partial charge in [0.2, 0.25) is 11.8 Å². The van der Waals surface area contributed by atoms with Gasteiger partial charge in [-0.05, 0) is 42.2 Å². The molecule has 0 aromatic heterocycles. The second-order valence-corrected chi connectivity index (χ2v) is 9.24. The van der Waals surface area contributed by atoms with E-state index in [1.807, 2.05) is 68.4 Å². The highest BCUT2D eigenvalue weighted by Gasteiger charge is 2.30. The maximum atomic E-state index is 13.7. The van der Waals surface area contributed by atoms with E-state index in [-0.39, 0.29) is 18.2 Å². The van der Waals surface area contributed by atoms with Crippen LogP contribution in [-0.2, 0) is 29.0 Å². The summed E-state index contributed by atoms with van der Waals surface area (Å²) in [6, 6.07) is 22.3. The van der Waals surface area contributed by atoms with Crippen LogP contribution in [0.25, 0.3) is 0 Å². The van der Waals surface area contributed by atoms with E-state index >= 15 is 0 Å². The van der Waals surface area contributed by atoms with Crippen LogP contribution in [0.5, 0.6) is 0 Å². The Morgan fingerprint density at radius 2 is 1.56 bits per heavy atom. The quantitative estimate of drug-likeness (QED) is 0.373. The van der Waals surface area contributed by atoms with Crippen molar-refractivity contribution in [3.05, 3.63) is 105 Å². The summed E-state index contributed by atoms with van der Waals surface area (Å²) in [5, 5.41) is 3.83. The van der Waals surface area contributed by atoms with Gasteiger partial charge >= 0.3 is 0 Å². The Morgan fingerprint density at radius 1 is 0.882 bits per heavy atom. The number of hydrogen-bond acceptors (Lipinski definition) is 2. The molecule has 1 atom stereocenters. The van der Waals surface area contributed by atoms with Gasteiger partial charge in [-0.15, -0.1) is 0 Å². The van der Waals surface area contributed by atoms with Crippen LogP contribution in [0.3, 0.4) is 0 Å². The van der Waals surface area contributed by atoms with Crippen molar-refractivity contribution in [1.82, 2.24) is 10.2 Å². The molecule has 0 saturated carbocycles. The van der Waals surface area contributed by atoms with E-state index in [0.29, 0.717) is 29.6 Å². The molecule has 34 heavy (non-hydrogen) atoms. The molecule has 1 N–H and O–H groups in total. The molecule has 3 aromatic rings. The lowest BCUT2D eigenvalue weighted by Crippen LogP contribution is -2.51. The number of carbonyl (C=O) groups is 2. The lowest BCUT2D eigenvalue weighted by Gasteiger charge is -2.32. The van der Waals surface area contributed by atoms with E-state index in [1.165, 1.54) is 0 Å². The average molecular weight is 497 g/mol. The van der Waals surface area contributed by atoms with Gasteiger partial charge in [-0.25, -0.2) is 0 Å². The molecule has 6 heteroatoms. The Balaban J connectivity index is 1.95. The number of nitrogens with zero attached hydrogens (tertiary/aromatic N) is 1. The number of halogens is 2. The first kappa shape index (κ1) is 25.8. The number of hydrogen-bond donors (Lipinski definition) is 1. The Hall–Kier alpha value is -2.82. The molecule has 0 spiro atoms. The van der Waals surface area contributed by atoms with Crippen LogP contribution in [0.4, 0.5) is 0 Å². The Labute approximate surface area is 211 Å². The first-order chi connectivity index (χ1) is 16.4. The minimum Gasteiger partial charge on any atom is -0.354 e. The summed E-state index contributed by atoms with van der Waals surface area (Å²) < 4.78 is 0. The van der Waals surface area contributed by atoms with Gasteiger partial charge in [-0.2, -0.15) is 0 Å². The van der Waals surface area contributed by atoms with Gasteiger partial charge in [0.25, 0.3) is 0 Å². The molecule has 0 radical (unpaired) electrons. The summed E-state index contributed by atoms with van der Waals surface area (Å²) in [7, 11) is 0. The third-order valence-corrected chi connectivity index (χ3v) is 6.37. The predicted molar refractivity (Wildman–Crippen MR) is 139 cm³/mol. The number of benzene rings is 3. The standard InChI is InChI=1S/C28H30Cl2N2O2/c1-3-15-31-28(34)26(17-21-7-5-4-6-8-21)32(19-22-11-9-20(2)10-12-22)27(33)18-23-13-14-24(29)25(30)16-23/h4-14,16,26H,3,15,17-19H2,1-2H3,(H,31,34)/t26-/m0/s1. The van der Waals surface area contributed by atoms with Crippen molar-refractivity contribution in [2.75, 3.05) is 6.54 Å². The predicted octanol–water partition coefficient (Wildman–Crippen LogP) is 6.01. The maximum absolute atomic E-state index is 13.7. The summed E-state index contributed by atoms with van der Waals surface area (Å²) in [5.41, 5.74) is 3.85. The lowest BCUT2D eigenvalue weighted by molar-refractivity contribution is -0.140. The van der Waals surface area contributed by atoms with Crippen molar-refractivity contribution in [1.29, 1.82) is 0 Å². The molecular weight excluding hydrogens is 467 g/mol. The van der Waals surface area contributed by atoms with E-state index < -0.39 is 6.04 Å². The molecular formula is C28H30Cl2N2O2. The van der Waals surface area contributed by atoms with E-state index in [4.69, 9.17) is 23.2 Å². The lowest BCUT2D eigenvalue weighted by atomic mass is 10.0. The van der Waals surface area contributed by atoms with Gasteiger partial charge in [-0.1, -0.05) is 96.4 Å². The Bertz CT molecular complexity index is 1100.